The molecule has 1 aromatic heterocycles. The number of benzene rings is 1. The second-order valence-corrected chi connectivity index (χ2v) is 5.45. The van der Waals surface area contributed by atoms with Crippen LogP contribution in [-0.4, -0.2) is 40.2 Å². The highest BCUT2D eigenvalue weighted by Crippen LogP contribution is 2.17. The summed E-state index contributed by atoms with van der Waals surface area (Å²) in [5.41, 5.74) is 3.47. The molecule has 5 nitrogen and oxygen atoms in total. The lowest BCUT2D eigenvalue weighted by Gasteiger charge is -2.28. The second kappa shape index (κ2) is 6.10. The molecule has 0 unspecified atom stereocenters. The minimum absolute atomic E-state index is 0.0551. The van der Waals surface area contributed by atoms with Gasteiger partial charge >= 0.3 is 0 Å². The summed E-state index contributed by atoms with van der Waals surface area (Å²) in [6.07, 6.45) is 4.41. The highest BCUT2D eigenvalue weighted by molar-refractivity contribution is 5.93. The molecule has 0 saturated heterocycles. The van der Waals surface area contributed by atoms with Gasteiger partial charge in [0.1, 0.15) is 0 Å². The maximum atomic E-state index is 11.9. The van der Waals surface area contributed by atoms with E-state index in [2.05, 4.69) is 39.6 Å². The predicted octanol–water partition coefficient (Wildman–Crippen LogP) is 1.21. The SMILES string of the molecule is Cn1cc(C(=O)NCCN2CCc3ccccc3C2)cn1. The van der Waals surface area contributed by atoms with Gasteiger partial charge in [-0.2, -0.15) is 5.10 Å². The van der Waals surface area contributed by atoms with Gasteiger partial charge in [-0.05, 0) is 17.5 Å². The van der Waals surface area contributed by atoms with Crippen molar-refractivity contribution in [3.05, 3.63) is 53.3 Å². The molecule has 1 aromatic carbocycles. The molecule has 2 heterocycles. The third kappa shape index (κ3) is 3.31. The number of rotatable bonds is 4. The smallest absolute Gasteiger partial charge is 0.254 e. The topological polar surface area (TPSA) is 50.2 Å². The Morgan fingerprint density at radius 2 is 2.14 bits per heavy atom. The Hall–Kier alpha value is -2.14. The first-order valence-electron chi connectivity index (χ1n) is 7.28. The first-order chi connectivity index (χ1) is 10.2. The number of amides is 1. The highest BCUT2D eigenvalue weighted by Gasteiger charge is 2.15. The van der Waals surface area contributed by atoms with Crippen molar-refractivity contribution < 1.29 is 4.79 Å². The normalized spacial score (nSPS) is 14.7. The molecule has 0 aliphatic carbocycles. The van der Waals surface area contributed by atoms with E-state index in [0.29, 0.717) is 12.1 Å². The number of carbonyl (C=O) groups excluding carboxylic acids is 1. The van der Waals surface area contributed by atoms with Gasteiger partial charge in [0, 0.05) is 39.4 Å². The van der Waals surface area contributed by atoms with Crippen LogP contribution in [0.15, 0.2) is 36.7 Å². The summed E-state index contributed by atoms with van der Waals surface area (Å²) >= 11 is 0. The average Bonchev–Trinajstić information content (AvgIpc) is 2.94. The Balaban J connectivity index is 1.47. The third-order valence-corrected chi connectivity index (χ3v) is 3.89. The lowest BCUT2D eigenvalue weighted by atomic mass is 10.00. The summed E-state index contributed by atoms with van der Waals surface area (Å²) in [5.74, 6) is -0.0551. The molecule has 1 N–H and O–H groups in total. The Kier molecular flexibility index (Phi) is 4.01. The zero-order valence-electron chi connectivity index (χ0n) is 12.2. The molecule has 0 fully saturated rings. The van der Waals surface area contributed by atoms with Crippen molar-refractivity contribution >= 4 is 5.91 Å². The maximum Gasteiger partial charge on any atom is 0.254 e. The van der Waals surface area contributed by atoms with Crippen molar-refractivity contribution in [1.82, 2.24) is 20.0 Å². The molecule has 21 heavy (non-hydrogen) atoms. The maximum absolute atomic E-state index is 11.9. The fraction of sp³-hybridized carbons (Fsp3) is 0.375. The quantitative estimate of drug-likeness (QED) is 0.918. The number of hydrogen-bond donors (Lipinski definition) is 1. The summed E-state index contributed by atoms with van der Waals surface area (Å²) in [7, 11) is 1.81. The van der Waals surface area contributed by atoms with Crippen molar-refractivity contribution in [2.24, 2.45) is 7.05 Å². The van der Waals surface area contributed by atoms with Crippen LogP contribution in [0.5, 0.6) is 0 Å². The van der Waals surface area contributed by atoms with Crippen LogP contribution in [-0.2, 0) is 20.0 Å². The predicted molar refractivity (Wildman–Crippen MR) is 81.0 cm³/mol. The largest absolute Gasteiger partial charge is 0.351 e. The van der Waals surface area contributed by atoms with E-state index >= 15 is 0 Å². The van der Waals surface area contributed by atoms with Gasteiger partial charge in [-0.25, -0.2) is 0 Å². The molecular formula is C16H20N4O. The van der Waals surface area contributed by atoms with Gasteiger partial charge in [0.25, 0.3) is 5.91 Å². The minimum atomic E-state index is -0.0551. The van der Waals surface area contributed by atoms with Crippen LogP contribution in [0.2, 0.25) is 0 Å². The van der Waals surface area contributed by atoms with E-state index in [9.17, 15) is 4.79 Å². The first-order valence-corrected chi connectivity index (χ1v) is 7.28. The zero-order chi connectivity index (χ0) is 14.7. The van der Waals surface area contributed by atoms with E-state index in [-0.39, 0.29) is 5.91 Å². The Bertz CT molecular complexity index is 635. The number of aromatic nitrogens is 2. The summed E-state index contributed by atoms with van der Waals surface area (Å²) in [6.45, 7) is 3.56. The molecule has 0 bridgehead atoms. The van der Waals surface area contributed by atoms with E-state index in [1.807, 2.05) is 7.05 Å². The van der Waals surface area contributed by atoms with Crippen LogP contribution in [0.4, 0.5) is 0 Å². The highest BCUT2D eigenvalue weighted by atomic mass is 16.1. The lowest BCUT2D eigenvalue weighted by Crippen LogP contribution is -2.37. The fourth-order valence-corrected chi connectivity index (χ4v) is 2.71. The molecule has 3 rings (SSSR count). The van der Waals surface area contributed by atoms with E-state index in [1.54, 1.807) is 17.1 Å². The zero-order valence-corrected chi connectivity index (χ0v) is 12.2. The standard InChI is InChI=1S/C16H20N4O/c1-19-11-15(10-18-19)16(21)17-7-9-20-8-6-13-4-2-3-5-14(13)12-20/h2-5,10-11H,6-9,12H2,1H3,(H,17,21). The molecule has 0 saturated carbocycles. The fourth-order valence-electron chi connectivity index (χ4n) is 2.71. The molecule has 0 spiro atoms. The molecular weight excluding hydrogens is 264 g/mol. The number of aryl methyl sites for hydroxylation is 1. The molecule has 1 aliphatic heterocycles. The van der Waals surface area contributed by atoms with Gasteiger partial charge in [0.05, 0.1) is 11.8 Å². The number of fused-ring (bicyclic) bond motifs is 1. The molecule has 2 aromatic rings. The van der Waals surface area contributed by atoms with Crippen LogP contribution in [0, 0.1) is 0 Å². The van der Waals surface area contributed by atoms with Gasteiger partial charge in [-0.1, -0.05) is 24.3 Å². The van der Waals surface area contributed by atoms with Crippen molar-refractivity contribution in [2.75, 3.05) is 19.6 Å². The number of nitrogens with one attached hydrogen (secondary N) is 1. The Labute approximate surface area is 124 Å². The van der Waals surface area contributed by atoms with Gasteiger partial charge < -0.3 is 5.32 Å². The number of nitrogens with zero attached hydrogens (tertiary/aromatic N) is 3. The summed E-state index contributed by atoms with van der Waals surface area (Å²) < 4.78 is 1.64. The van der Waals surface area contributed by atoms with E-state index in [4.69, 9.17) is 0 Å². The molecule has 1 aliphatic rings. The third-order valence-electron chi connectivity index (χ3n) is 3.89. The lowest BCUT2D eigenvalue weighted by molar-refractivity contribution is 0.0947. The van der Waals surface area contributed by atoms with Crippen molar-refractivity contribution in [1.29, 1.82) is 0 Å². The van der Waals surface area contributed by atoms with Crippen LogP contribution in [0.25, 0.3) is 0 Å². The van der Waals surface area contributed by atoms with Crippen molar-refractivity contribution in [2.45, 2.75) is 13.0 Å². The van der Waals surface area contributed by atoms with E-state index in [0.717, 1.165) is 26.1 Å². The number of hydrogen-bond acceptors (Lipinski definition) is 3. The van der Waals surface area contributed by atoms with Crippen LogP contribution in [0.1, 0.15) is 21.5 Å². The number of carbonyl (C=O) groups is 1. The summed E-state index contributed by atoms with van der Waals surface area (Å²) in [5, 5.41) is 6.96. The molecule has 5 heteroatoms. The monoisotopic (exact) mass is 284 g/mol. The Morgan fingerprint density at radius 3 is 2.90 bits per heavy atom. The van der Waals surface area contributed by atoms with Gasteiger partial charge in [-0.15, -0.1) is 0 Å². The minimum Gasteiger partial charge on any atom is -0.351 e. The van der Waals surface area contributed by atoms with Gasteiger partial charge in [-0.3, -0.25) is 14.4 Å². The van der Waals surface area contributed by atoms with Crippen molar-refractivity contribution in [3.63, 3.8) is 0 Å². The molecule has 0 radical (unpaired) electrons. The van der Waals surface area contributed by atoms with Crippen molar-refractivity contribution in [3.8, 4) is 0 Å². The van der Waals surface area contributed by atoms with Crippen LogP contribution < -0.4 is 5.32 Å². The van der Waals surface area contributed by atoms with Gasteiger partial charge in [0.2, 0.25) is 0 Å². The summed E-state index contributed by atoms with van der Waals surface area (Å²) in [6, 6.07) is 8.59. The molecule has 110 valence electrons. The molecule has 0 atom stereocenters. The average molecular weight is 284 g/mol. The van der Waals surface area contributed by atoms with E-state index < -0.39 is 0 Å². The van der Waals surface area contributed by atoms with Gasteiger partial charge in [0.15, 0.2) is 0 Å². The van der Waals surface area contributed by atoms with Crippen LogP contribution >= 0.6 is 0 Å². The molecule has 1 amide bonds. The Morgan fingerprint density at radius 1 is 1.33 bits per heavy atom. The summed E-state index contributed by atoms with van der Waals surface area (Å²) in [4.78, 5) is 14.3. The van der Waals surface area contributed by atoms with E-state index in [1.165, 1.54) is 11.1 Å². The van der Waals surface area contributed by atoms with Crippen LogP contribution in [0.3, 0.4) is 0 Å². The second-order valence-electron chi connectivity index (χ2n) is 5.45. The first kappa shape index (κ1) is 13.8.